The molecule has 1 fully saturated rings. The number of halogens is 1. The van der Waals surface area contributed by atoms with Gasteiger partial charge in [-0.3, -0.25) is 4.79 Å². The summed E-state index contributed by atoms with van der Waals surface area (Å²) in [6, 6.07) is 4.62. The van der Waals surface area contributed by atoms with E-state index in [0.29, 0.717) is 18.7 Å². The molecular formula is C12H13ClN2O3. The van der Waals surface area contributed by atoms with Gasteiger partial charge in [-0.2, -0.15) is 0 Å². The zero-order valence-corrected chi connectivity index (χ0v) is 10.6. The molecule has 0 saturated carbocycles. The molecule has 0 spiro atoms. The number of methoxy groups -OCH3 is 1. The zero-order valence-electron chi connectivity index (χ0n) is 9.85. The summed E-state index contributed by atoms with van der Waals surface area (Å²) in [5.41, 5.74) is 6.64. The number of amides is 1. The molecule has 1 saturated heterocycles. The van der Waals surface area contributed by atoms with Gasteiger partial charge in [0.05, 0.1) is 17.7 Å². The number of nitrogens with two attached hydrogens (primary N) is 1. The Hall–Kier alpha value is -1.59. The number of anilines is 1. The normalized spacial score (nSPS) is 19.2. The van der Waals surface area contributed by atoms with Crippen molar-refractivity contribution in [3.63, 3.8) is 0 Å². The van der Waals surface area contributed by atoms with Crippen molar-refractivity contribution in [1.82, 2.24) is 0 Å². The number of hydrogen-bond donors (Lipinski definition) is 1. The zero-order chi connectivity index (χ0) is 13.3. The van der Waals surface area contributed by atoms with Gasteiger partial charge in [0.25, 0.3) is 0 Å². The topological polar surface area (TPSA) is 72.6 Å². The van der Waals surface area contributed by atoms with E-state index in [-0.39, 0.29) is 22.5 Å². The minimum atomic E-state index is -0.504. The molecule has 1 aliphatic rings. The second-order valence-electron chi connectivity index (χ2n) is 4.12. The maximum Gasteiger partial charge on any atom is 0.339 e. The molecule has 0 aliphatic carbocycles. The van der Waals surface area contributed by atoms with Gasteiger partial charge in [0.15, 0.2) is 0 Å². The van der Waals surface area contributed by atoms with Crippen LogP contribution in [0.4, 0.5) is 5.69 Å². The number of benzene rings is 1. The molecule has 18 heavy (non-hydrogen) atoms. The van der Waals surface area contributed by atoms with Gasteiger partial charge in [-0.15, -0.1) is 0 Å². The van der Waals surface area contributed by atoms with Gasteiger partial charge in [-0.1, -0.05) is 11.6 Å². The predicted octanol–water partition coefficient (Wildman–Crippen LogP) is 1.19. The van der Waals surface area contributed by atoms with Crippen molar-refractivity contribution < 1.29 is 14.3 Å². The fraction of sp³-hybridized carbons (Fsp3) is 0.333. The van der Waals surface area contributed by atoms with Crippen LogP contribution in [-0.2, 0) is 9.53 Å². The Morgan fingerprint density at radius 2 is 2.28 bits per heavy atom. The maximum absolute atomic E-state index is 11.7. The minimum Gasteiger partial charge on any atom is -0.465 e. The number of hydrogen-bond acceptors (Lipinski definition) is 4. The molecule has 2 rings (SSSR count). The van der Waals surface area contributed by atoms with Crippen LogP contribution in [0.1, 0.15) is 16.8 Å². The molecule has 0 bridgehead atoms. The van der Waals surface area contributed by atoms with Gasteiger partial charge in [0, 0.05) is 24.7 Å². The molecule has 2 N–H and O–H groups in total. The molecule has 1 heterocycles. The first kappa shape index (κ1) is 12.9. The maximum atomic E-state index is 11.7. The molecule has 1 aliphatic heterocycles. The lowest BCUT2D eigenvalue weighted by molar-refractivity contribution is -0.117. The summed E-state index contributed by atoms with van der Waals surface area (Å²) in [7, 11) is 1.29. The summed E-state index contributed by atoms with van der Waals surface area (Å²) in [6.07, 6.45) is 0.330. The van der Waals surface area contributed by atoms with Gasteiger partial charge >= 0.3 is 5.97 Å². The average Bonchev–Trinajstić information content (AvgIpc) is 2.67. The van der Waals surface area contributed by atoms with Crippen LogP contribution in [0.25, 0.3) is 0 Å². The smallest absolute Gasteiger partial charge is 0.339 e. The van der Waals surface area contributed by atoms with Crippen molar-refractivity contribution >= 4 is 29.2 Å². The Morgan fingerprint density at radius 3 is 2.78 bits per heavy atom. The summed E-state index contributed by atoms with van der Waals surface area (Å²) >= 11 is 6.00. The standard InChI is InChI=1S/C12H13ClN2O3/c1-18-12(17)9-3-2-8(5-10(9)13)15-6-7(14)4-11(15)16/h2-3,5,7H,4,6,14H2,1H3. The molecular weight excluding hydrogens is 256 g/mol. The number of nitrogens with zero attached hydrogens (tertiary/aromatic N) is 1. The van der Waals surface area contributed by atoms with Crippen molar-refractivity contribution in [2.24, 2.45) is 5.73 Å². The van der Waals surface area contributed by atoms with Crippen molar-refractivity contribution in [3.05, 3.63) is 28.8 Å². The summed E-state index contributed by atoms with van der Waals surface area (Å²) in [4.78, 5) is 24.6. The monoisotopic (exact) mass is 268 g/mol. The lowest BCUT2D eigenvalue weighted by Gasteiger charge is -2.17. The average molecular weight is 269 g/mol. The Kier molecular flexibility index (Phi) is 3.54. The highest BCUT2D eigenvalue weighted by Gasteiger charge is 2.28. The van der Waals surface area contributed by atoms with Gasteiger partial charge in [-0.25, -0.2) is 4.79 Å². The third-order valence-corrected chi connectivity index (χ3v) is 3.14. The number of rotatable bonds is 2. The highest BCUT2D eigenvalue weighted by atomic mass is 35.5. The first-order chi connectivity index (χ1) is 8.52. The summed E-state index contributed by atoms with van der Waals surface area (Å²) in [6.45, 7) is 0.465. The largest absolute Gasteiger partial charge is 0.465 e. The Labute approximate surface area is 109 Å². The number of carbonyl (C=O) groups is 2. The summed E-state index contributed by atoms with van der Waals surface area (Å²) in [5, 5.41) is 0.257. The number of carbonyl (C=O) groups excluding carboxylic acids is 2. The lowest BCUT2D eigenvalue weighted by atomic mass is 10.2. The molecule has 1 amide bonds. The van der Waals surface area contributed by atoms with E-state index in [1.807, 2.05) is 0 Å². The molecule has 0 radical (unpaired) electrons. The van der Waals surface area contributed by atoms with Crippen LogP contribution in [0.15, 0.2) is 18.2 Å². The van der Waals surface area contributed by atoms with Crippen LogP contribution in [0.5, 0.6) is 0 Å². The third kappa shape index (κ3) is 2.32. The molecule has 1 aromatic rings. The van der Waals surface area contributed by atoms with Crippen LogP contribution in [-0.4, -0.2) is 31.6 Å². The quantitative estimate of drug-likeness (QED) is 0.818. The highest BCUT2D eigenvalue weighted by Crippen LogP contribution is 2.27. The fourth-order valence-corrected chi connectivity index (χ4v) is 2.18. The molecule has 0 aromatic heterocycles. The Morgan fingerprint density at radius 1 is 1.56 bits per heavy atom. The van der Waals surface area contributed by atoms with Crippen LogP contribution in [0, 0.1) is 0 Å². The van der Waals surface area contributed by atoms with Gasteiger partial charge in [-0.05, 0) is 18.2 Å². The molecule has 96 valence electrons. The summed E-state index contributed by atoms with van der Waals surface area (Å²) in [5.74, 6) is -0.541. The molecule has 1 aromatic carbocycles. The Bertz CT molecular complexity index is 504. The Balaban J connectivity index is 2.29. The van der Waals surface area contributed by atoms with Crippen LogP contribution in [0.2, 0.25) is 5.02 Å². The first-order valence-corrected chi connectivity index (χ1v) is 5.84. The number of ether oxygens (including phenoxy) is 1. The van der Waals surface area contributed by atoms with Crippen molar-refractivity contribution in [3.8, 4) is 0 Å². The van der Waals surface area contributed by atoms with E-state index in [1.54, 1.807) is 23.1 Å². The van der Waals surface area contributed by atoms with Crippen LogP contribution in [0.3, 0.4) is 0 Å². The van der Waals surface area contributed by atoms with E-state index in [9.17, 15) is 9.59 Å². The van der Waals surface area contributed by atoms with Crippen molar-refractivity contribution in [2.45, 2.75) is 12.5 Å². The van der Waals surface area contributed by atoms with Gasteiger partial charge in [0.1, 0.15) is 0 Å². The lowest BCUT2D eigenvalue weighted by Crippen LogP contribution is -2.28. The second kappa shape index (κ2) is 4.96. The van der Waals surface area contributed by atoms with Crippen molar-refractivity contribution in [2.75, 3.05) is 18.6 Å². The molecule has 6 heteroatoms. The highest BCUT2D eigenvalue weighted by molar-refractivity contribution is 6.34. The second-order valence-corrected chi connectivity index (χ2v) is 4.53. The van der Waals surface area contributed by atoms with E-state index < -0.39 is 5.97 Å². The minimum absolute atomic E-state index is 0.0376. The van der Waals surface area contributed by atoms with E-state index >= 15 is 0 Å². The van der Waals surface area contributed by atoms with Crippen molar-refractivity contribution in [1.29, 1.82) is 0 Å². The van der Waals surface area contributed by atoms with E-state index in [1.165, 1.54) is 7.11 Å². The van der Waals surface area contributed by atoms with E-state index in [0.717, 1.165) is 0 Å². The van der Waals surface area contributed by atoms with Gasteiger partial charge in [0.2, 0.25) is 5.91 Å². The fourth-order valence-electron chi connectivity index (χ4n) is 1.93. The SMILES string of the molecule is COC(=O)c1ccc(N2CC(N)CC2=O)cc1Cl. The third-order valence-electron chi connectivity index (χ3n) is 2.82. The number of esters is 1. The predicted molar refractivity (Wildman–Crippen MR) is 67.7 cm³/mol. The first-order valence-electron chi connectivity index (χ1n) is 5.46. The van der Waals surface area contributed by atoms with Gasteiger partial charge < -0.3 is 15.4 Å². The molecule has 1 unspecified atom stereocenters. The molecule has 5 nitrogen and oxygen atoms in total. The summed E-state index contributed by atoms with van der Waals surface area (Å²) < 4.78 is 4.60. The van der Waals surface area contributed by atoms with E-state index in [4.69, 9.17) is 17.3 Å². The van der Waals surface area contributed by atoms with Crippen LogP contribution >= 0.6 is 11.6 Å². The van der Waals surface area contributed by atoms with E-state index in [2.05, 4.69) is 4.74 Å². The van der Waals surface area contributed by atoms with Crippen LogP contribution < -0.4 is 10.6 Å². The molecule has 1 atom stereocenters.